The average molecular weight is 345 g/mol. The Kier molecular flexibility index (Phi) is 3.92. The van der Waals surface area contributed by atoms with Gasteiger partial charge in [-0.05, 0) is 22.6 Å². The third-order valence-electron chi connectivity index (χ3n) is 3.98. The number of hydrazone groups is 1. The molecule has 9 nitrogen and oxygen atoms in total. The summed E-state index contributed by atoms with van der Waals surface area (Å²) in [7, 11) is 0. The normalized spacial score (nSPS) is 27.3. The smallest absolute Gasteiger partial charge is 0.199 e. The van der Waals surface area contributed by atoms with Crippen LogP contribution in [-0.2, 0) is 9.47 Å². The van der Waals surface area contributed by atoms with Gasteiger partial charge in [-0.3, -0.25) is 5.43 Å². The number of nitrogens with one attached hydrogen (secondary N) is 1. The summed E-state index contributed by atoms with van der Waals surface area (Å²) in [5, 5.41) is 16.4. The van der Waals surface area contributed by atoms with E-state index in [-0.39, 0.29) is 17.3 Å². The van der Waals surface area contributed by atoms with Crippen LogP contribution in [-0.4, -0.2) is 50.0 Å². The molecule has 0 saturated carbocycles. The van der Waals surface area contributed by atoms with Crippen molar-refractivity contribution in [1.29, 1.82) is 0 Å². The number of hydrogen-bond acceptors (Lipinski definition) is 7. The molecule has 0 unspecified atom stereocenters. The van der Waals surface area contributed by atoms with Gasteiger partial charge in [-0.2, -0.15) is 5.10 Å². The van der Waals surface area contributed by atoms with Crippen molar-refractivity contribution in [1.82, 2.24) is 25.6 Å². The third-order valence-corrected chi connectivity index (χ3v) is 4.07. The van der Waals surface area contributed by atoms with Gasteiger partial charge in [-0.1, -0.05) is 30.3 Å². The lowest BCUT2D eigenvalue weighted by Gasteiger charge is -2.28. The number of benzene rings is 1. The number of thiocarbonyl (C=S) groups is 1. The molecule has 0 amide bonds. The van der Waals surface area contributed by atoms with E-state index in [1.807, 2.05) is 30.3 Å². The second-order valence-corrected chi connectivity index (χ2v) is 5.94. The van der Waals surface area contributed by atoms with Crippen molar-refractivity contribution in [3.8, 4) is 11.4 Å². The molecule has 0 aliphatic carbocycles. The quantitative estimate of drug-likeness (QED) is 0.600. The number of rotatable bonds is 3. The van der Waals surface area contributed by atoms with E-state index in [1.165, 1.54) is 0 Å². The first-order valence-electron chi connectivity index (χ1n) is 7.44. The highest BCUT2D eigenvalue weighted by atomic mass is 32.1. The first-order valence-corrected chi connectivity index (χ1v) is 7.85. The number of nitrogens with two attached hydrogens (primary N) is 1. The second kappa shape index (κ2) is 6.23. The molecule has 2 aliphatic heterocycles. The van der Waals surface area contributed by atoms with Gasteiger partial charge in [0.1, 0.15) is 6.10 Å². The SMILES string of the molecule is NC(=S)N/N=C1\C[C@@H](n2nnnc2-c2ccccc2)[C@@H]2CO[C@H]1O2. The molecule has 4 rings (SSSR count). The van der Waals surface area contributed by atoms with Crippen LogP contribution in [0.15, 0.2) is 35.4 Å². The molecule has 3 heterocycles. The summed E-state index contributed by atoms with van der Waals surface area (Å²) >= 11 is 4.78. The summed E-state index contributed by atoms with van der Waals surface area (Å²) in [5.74, 6) is 0.677. The van der Waals surface area contributed by atoms with Crippen LogP contribution in [0.25, 0.3) is 11.4 Å². The number of hydrogen-bond donors (Lipinski definition) is 2. The van der Waals surface area contributed by atoms with Gasteiger partial charge in [-0.25, -0.2) is 4.68 Å². The summed E-state index contributed by atoms with van der Waals surface area (Å²) in [6.07, 6.45) is -0.0370. The van der Waals surface area contributed by atoms with Crippen molar-refractivity contribution in [3.05, 3.63) is 30.3 Å². The second-order valence-electron chi connectivity index (χ2n) is 5.50. The Morgan fingerprint density at radius 3 is 3.00 bits per heavy atom. The van der Waals surface area contributed by atoms with Crippen LogP contribution in [0.1, 0.15) is 12.5 Å². The summed E-state index contributed by atoms with van der Waals surface area (Å²) in [6.45, 7) is 0.454. The summed E-state index contributed by atoms with van der Waals surface area (Å²) in [4.78, 5) is 0. The predicted octanol–water partition coefficient (Wildman–Crippen LogP) is 0.216. The minimum absolute atomic E-state index is 0.0894. The number of nitrogens with zero attached hydrogens (tertiary/aromatic N) is 5. The summed E-state index contributed by atoms with van der Waals surface area (Å²) in [6, 6.07) is 9.63. The molecule has 2 bridgehead atoms. The molecular weight excluding hydrogens is 330 g/mol. The molecule has 3 N–H and O–H groups in total. The maximum Gasteiger partial charge on any atom is 0.199 e. The molecule has 0 spiro atoms. The molecule has 2 fully saturated rings. The van der Waals surface area contributed by atoms with Gasteiger partial charge in [0.05, 0.1) is 18.4 Å². The van der Waals surface area contributed by atoms with Crippen molar-refractivity contribution >= 4 is 23.0 Å². The van der Waals surface area contributed by atoms with Crippen LogP contribution in [0, 0.1) is 0 Å². The molecule has 0 radical (unpaired) electrons. The lowest BCUT2D eigenvalue weighted by atomic mass is 10.0. The highest BCUT2D eigenvalue weighted by Crippen LogP contribution is 2.34. The van der Waals surface area contributed by atoms with Gasteiger partial charge in [0.25, 0.3) is 0 Å². The first-order chi connectivity index (χ1) is 11.7. The number of aromatic nitrogens is 4. The van der Waals surface area contributed by atoms with Gasteiger partial charge in [0.2, 0.25) is 0 Å². The van der Waals surface area contributed by atoms with Crippen molar-refractivity contribution < 1.29 is 9.47 Å². The number of ether oxygens (including phenoxy) is 2. The van der Waals surface area contributed by atoms with E-state index in [2.05, 4.69) is 26.1 Å². The highest BCUT2D eigenvalue weighted by Gasteiger charge is 2.44. The topological polar surface area (TPSA) is 112 Å². The minimum Gasteiger partial charge on any atom is -0.375 e. The number of fused-ring (bicyclic) bond motifs is 2. The molecule has 24 heavy (non-hydrogen) atoms. The van der Waals surface area contributed by atoms with Crippen LogP contribution in [0.5, 0.6) is 0 Å². The van der Waals surface area contributed by atoms with E-state index in [1.54, 1.807) is 4.68 Å². The van der Waals surface area contributed by atoms with E-state index >= 15 is 0 Å². The maximum atomic E-state index is 5.88. The lowest BCUT2D eigenvalue weighted by Crippen LogP contribution is -2.39. The van der Waals surface area contributed by atoms with Crippen molar-refractivity contribution in [2.24, 2.45) is 10.8 Å². The number of tetrazole rings is 1. The fourth-order valence-electron chi connectivity index (χ4n) is 2.90. The van der Waals surface area contributed by atoms with Crippen LogP contribution < -0.4 is 11.2 Å². The van der Waals surface area contributed by atoms with Crippen LogP contribution in [0.2, 0.25) is 0 Å². The standard InChI is InChI=1S/C14H15N7O2S/c15-14(24)18-16-9-6-10(11-7-22-13(9)23-11)21-12(17-19-20-21)8-4-2-1-3-5-8/h1-5,10-11,13H,6-7H2,(H3,15,18,24)/b16-9+/t10-,11+,13+/m1/s1. The van der Waals surface area contributed by atoms with Gasteiger partial charge in [0.15, 0.2) is 17.2 Å². The van der Waals surface area contributed by atoms with Crippen LogP contribution in [0.4, 0.5) is 0 Å². The third kappa shape index (κ3) is 2.75. The molecule has 124 valence electrons. The van der Waals surface area contributed by atoms with Gasteiger partial charge < -0.3 is 15.2 Å². The minimum atomic E-state index is -0.482. The van der Waals surface area contributed by atoms with Crippen LogP contribution >= 0.6 is 12.2 Å². The Labute approximate surface area is 142 Å². The van der Waals surface area contributed by atoms with E-state index in [9.17, 15) is 0 Å². The van der Waals surface area contributed by atoms with Gasteiger partial charge >= 0.3 is 0 Å². The van der Waals surface area contributed by atoms with E-state index in [0.29, 0.717) is 24.6 Å². The summed E-state index contributed by atoms with van der Waals surface area (Å²) in [5.41, 5.74) is 9.63. The Balaban J connectivity index is 1.66. The zero-order chi connectivity index (χ0) is 16.5. The maximum absolute atomic E-state index is 5.88. The van der Waals surface area contributed by atoms with E-state index in [0.717, 1.165) is 5.56 Å². The molecule has 1 aromatic carbocycles. The molecule has 3 atom stereocenters. The molecule has 1 aromatic heterocycles. The van der Waals surface area contributed by atoms with Crippen molar-refractivity contribution in [2.75, 3.05) is 6.61 Å². The first kappa shape index (κ1) is 15.1. The van der Waals surface area contributed by atoms with Crippen LogP contribution in [0.3, 0.4) is 0 Å². The molecule has 10 heteroatoms. The molecular formula is C14H15N7O2S. The average Bonchev–Trinajstić information content (AvgIpc) is 3.23. The summed E-state index contributed by atoms with van der Waals surface area (Å²) < 4.78 is 13.3. The monoisotopic (exact) mass is 345 g/mol. The molecule has 2 aromatic rings. The Morgan fingerprint density at radius 1 is 1.38 bits per heavy atom. The van der Waals surface area contributed by atoms with E-state index in [4.69, 9.17) is 27.4 Å². The zero-order valence-electron chi connectivity index (χ0n) is 12.6. The Morgan fingerprint density at radius 2 is 2.21 bits per heavy atom. The van der Waals surface area contributed by atoms with Crippen molar-refractivity contribution in [2.45, 2.75) is 24.9 Å². The van der Waals surface area contributed by atoms with E-state index < -0.39 is 6.29 Å². The Bertz CT molecular complexity index is 778. The van der Waals surface area contributed by atoms with Gasteiger partial charge in [0, 0.05) is 12.0 Å². The van der Waals surface area contributed by atoms with Crippen molar-refractivity contribution in [3.63, 3.8) is 0 Å². The Hall–Kier alpha value is -2.43. The largest absolute Gasteiger partial charge is 0.375 e. The highest BCUT2D eigenvalue weighted by molar-refractivity contribution is 7.80. The predicted molar refractivity (Wildman–Crippen MR) is 88.9 cm³/mol. The lowest BCUT2D eigenvalue weighted by molar-refractivity contribution is -0.0320. The fraction of sp³-hybridized carbons (Fsp3) is 0.357. The van der Waals surface area contributed by atoms with Gasteiger partial charge in [-0.15, -0.1) is 5.10 Å². The zero-order valence-corrected chi connectivity index (χ0v) is 13.4. The fourth-order valence-corrected chi connectivity index (χ4v) is 2.95. The molecule has 2 saturated heterocycles. The molecule has 2 aliphatic rings.